The summed E-state index contributed by atoms with van der Waals surface area (Å²) in [5, 5.41) is 0. The maximum absolute atomic E-state index is 5.80. The molecule has 0 saturated heterocycles. The molecule has 1 heterocycles. The molecule has 0 saturated carbocycles. The highest BCUT2D eigenvalue weighted by Crippen LogP contribution is 2.22. The standard InChI is InChI=1S/C17H20N2/c18-17-9-3-5-14(11-17)6-4-10-19-12-15-7-1-2-8-16(15)13-19/h1-3,5,7-9,11H,4,6,10,12-13,18H2. The molecule has 2 nitrogen and oxygen atoms in total. The molecule has 1 aliphatic heterocycles. The molecule has 0 amide bonds. The van der Waals surface area contributed by atoms with Crippen molar-refractivity contribution in [2.75, 3.05) is 12.3 Å². The van der Waals surface area contributed by atoms with Gasteiger partial charge in [-0.1, -0.05) is 36.4 Å². The van der Waals surface area contributed by atoms with E-state index in [0.29, 0.717) is 0 Å². The fourth-order valence-corrected chi connectivity index (χ4v) is 2.82. The molecular weight excluding hydrogens is 232 g/mol. The molecule has 0 bridgehead atoms. The summed E-state index contributed by atoms with van der Waals surface area (Å²) in [6.45, 7) is 3.36. The van der Waals surface area contributed by atoms with Crippen molar-refractivity contribution in [3.05, 3.63) is 65.2 Å². The third-order valence-electron chi connectivity index (χ3n) is 3.80. The van der Waals surface area contributed by atoms with Gasteiger partial charge in [0.05, 0.1) is 0 Å². The first-order chi connectivity index (χ1) is 9.31. The lowest BCUT2D eigenvalue weighted by Gasteiger charge is -2.14. The van der Waals surface area contributed by atoms with Gasteiger partial charge < -0.3 is 5.73 Å². The van der Waals surface area contributed by atoms with Gasteiger partial charge in [0.25, 0.3) is 0 Å². The Balaban J connectivity index is 1.50. The van der Waals surface area contributed by atoms with Crippen LogP contribution in [-0.2, 0) is 19.5 Å². The Morgan fingerprint density at radius 3 is 2.37 bits per heavy atom. The van der Waals surface area contributed by atoms with Gasteiger partial charge in [0, 0.05) is 18.8 Å². The van der Waals surface area contributed by atoms with E-state index in [1.165, 1.54) is 23.1 Å². The van der Waals surface area contributed by atoms with E-state index in [1.54, 1.807) is 0 Å². The quantitative estimate of drug-likeness (QED) is 0.847. The summed E-state index contributed by atoms with van der Waals surface area (Å²) in [6.07, 6.45) is 2.30. The molecule has 0 radical (unpaired) electrons. The smallest absolute Gasteiger partial charge is 0.0316 e. The van der Waals surface area contributed by atoms with E-state index in [4.69, 9.17) is 5.73 Å². The van der Waals surface area contributed by atoms with Crippen LogP contribution in [0.25, 0.3) is 0 Å². The Morgan fingerprint density at radius 1 is 0.947 bits per heavy atom. The topological polar surface area (TPSA) is 29.3 Å². The molecule has 0 atom stereocenters. The Morgan fingerprint density at radius 2 is 1.68 bits per heavy atom. The van der Waals surface area contributed by atoms with Gasteiger partial charge in [-0.2, -0.15) is 0 Å². The zero-order valence-electron chi connectivity index (χ0n) is 11.2. The van der Waals surface area contributed by atoms with Gasteiger partial charge in [-0.25, -0.2) is 0 Å². The molecule has 2 aromatic rings. The maximum Gasteiger partial charge on any atom is 0.0316 e. The Kier molecular flexibility index (Phi) is 3.51. The highest BCUT2D eigenvalue weighted by Gasteiger charge is 2.17. The van der Waals surface area contributed by atoms with Crippen molar-refractivity contribution >= 4 is 5.69 Å². The fourth-order valence-electron chi connectivity index (χ4n) is 2.82. The molecule has 0 aromatic heterocycles. The number of benzene rings is 2. The van der Waals surface area contributed by atoms with Crippen LogP contribution in [0.15, 0.2) is 48.5 Å². The summed E-state index contributed by atoms with van der Waals surface area (Å²) in [6, 6.07) is 17.0. The number of aryl methyl sites for hydroxylation is 1. The lowest BCUT2D eigenvalue weighted by molar-refractivity contribution is 0.280. The third-order valence-corrected chi connectivity index (χ3v) is 3.80. The second kappa shape index (κ2) is 5.45. The van der Waals surface area contributed by atoms with Crippen molar-refractivity contribution in [1.29, 1.82) is 0 Å². The zero-order chi connectivity index (χ0) is 13.1. The largest absolute Gasteiger partial charge is 0.399 e. The van der Waals surface area contributed by atoms with E-state index in [-0.39, 0.29) is 0 Å². The molecule has 3 rings (SSSR count). The summed E-state index contributed by atoms with van der Waals surface area (Å²) >= 11 is 0. The number of hydrogen-bond donors (Lipinski definition) is 1. The predicted octanol–water partition coefficient (Wildman–Crippen LogP) is 3.22. The van der Waals surface area contributed by atoms with Gasteiger partial charge in [0.2, 0.25) is 0 Å². The van der Waals surface area contributed by atoms with Gasteiger partial charge in [-0.3, -0.25) is 4.90 Å². The van der Waals surface area contributed by atoms with Crippen LogP contribution >= 0.6 is 0 Å². The van der Waals surface area contributed by atoms with Crippen molar-refractivity contribution in [2.24, 2.45) is 0 Å². The molecule has 1 aliphatic rings. The summed E-state index contributed by atoms with van der Waals surface area (Å²) in [4.78, 5) is 2.52. The number of fused-ring (bicyclic) bond motifs is 1. The van der Waals surface area contributed by atoms with Crippen LogP contribution in [0.2, 0.25) is 0 Å². The second-order valence-electron chi connectivity index (χ2n) is 5.33. The van der Waals surface area contributed by atoms with Gasteiger partial charge in [-0.05, 0) is 48.2 Å². The van der Waals surface area contributed by atoms with E-state index < -0.39 is 0 Å². The fraction of sp³-hybridized carbons (Fsp3) is 0.294. The average Bonchev–Trinajstić information content (AvgIpc) is 2.81. The minimum absolute atomic E-state index is 0.867. The minimum Gasteiger partial charge on any atom is -0.399 e. The monoisotopic (exact) mass is 252 g/mol. The zero-order valence-corrected chi connectivity index (χ0v) is 11.2. The van der Waals surface area contributed by atoms with Crippen LogP contribution in [0.4, 0.5) is 5.69 Å². The van der Waals surface area contributed by atoms with Gasteiger partial charge in [-0.15, -0.1) is 0 Å². The van der Waals surface area contributed by atoms with Crippen LogP contribution in [0.5, 0.6) is 0 Å². The number of hydrogen-bond acceptors (Lipinski definition) is 2. The van der Waals surface area contributed by atoms with E-state index in [2.05, 4.69) is 41.3 Å². The SMILES string of the molecule is Nc1cccc(CCCN2Cc3ccccc3C2)c1. The number of nitrogens with zero attached hydrogens (tertiary/aromatic N) is 1. The van der Waals surface area contributed by atoms with Gasteiger partial charge in [0.15, 0.2) is 0 Å². The van der Waals surface area contributed by atoms with Crippen LogP contribution in [0, 0.1) is 0 Å². The van der Waals surface area contributed by atoms with E-state index in [1.807, 2.05) is 12.1 Å². The second-order valence-corrected chi connectivity index (χ2v) is 5.33. The lowest BCUT2D eigenvalue weighted by Crippen LogP contribution is -2.18. The first kappa shape index (κ1) is 12.2. The lowest BCUT2D eigenvalue weighted by atomic mass is 10.1. The average molecular weight is 252 g/mol. The molecule has 2 heteroatoms. The molecule has 19 heavy (non-hydrogen) atoms. The van der Waals surface area contributed by atoms with Crippen molar-refractivity contribution in [3.63, 3.8) is 0 Å². The van der Waals surface area contributed by atoms with E-state index in [9.17, 15) is 0 Å². The molecule has 2 N–H and O–H groups in total. The minimum atomic E-state index is 0.867. The summed E-state index contributed by atoms with van der Waals surface area (Å²) in [5.41, 5.74) is 11.0. The maximum atomic E-state index is 5.80. The molecule has 0 unspecified atom stereocenters. The van der Waals surface area contributed by atoms with Crippen LogP contribution < -0.4 is 5.73 Å². The molecule has 0 aliphatic carbocycles. The molecule has 0 spiro atoms. The van der Waals surface area contributed by atoms with Crippen LogP contribution in [-0.4, -0.2) is 11.4 Å². The number of rotatable bonds is 4. The number of nitrogens with two attached hydrogens (primary N) is 1. The summed E-state index contributed by atoms with van der Waals surface area (Å²) < 4.78 is 0. The van der Waals surface area contributed by atoms with Crippen LogP contribution in [0.3, 0.4) is 0 Å². The van der Waals surface area contributed by atoms with Crippen molar-refractivity contribution in [2.45, 2.75) is 25.9 Å². The van der Waals surface area contributed by atoms with Crippen molar-refractivity contribution < 1.29 is 0 Å². The molecule has 2 aromatic carbocycles. The normalized spacial score (nSPS) is 14.5. The number of nitrogen functional groups attached to an aromatic ring is 1. The highest BCUT2D eigenvalue weighted by atomic mass is 15.1. The summed E-state index contributed by atoms with van der Waals surface area (Å²) in [5.74, 6) is 0. The van der Waals surface area contributed by atoms with Crippen molar-refractivity contribution in [1.82, 2.24) is 4.90 Å². The van der Waals surface area contributed by atoms with Crippen molar-refractivity contribution in [3.8, 4) is 0 Å². The first-order valence-electron chi connectivity index (χ1n) is 6.95. The Labute approximate surface area is 114 Å². The molecule has 0 fully saturated rings. The third kappa shape index (κ3) is 2.96. The molecular formula is C17H20N2. The van der Waals surface area contributed by atoms with E-state index >= 15 is 0 Å². The molecule has 98 valence electrons. The van der Waals surface area contributed by atoms with Gasteiger partial charge in [0.1, 0.15) is 0 Å². The van der Waals surface area contributed by atoms with E-state index in [0.717, 1.165) is 31.7 Å². The number of anilines is 1. The Hall–Kier alpha value is -1.80. The highest BCUT2D eigenvalue weighted by molar-refractivity contribution is 5.40. The van der Waals surface area contributed by atoms with Gasteiger partial charge >= 0.3 is 0 Å². The predicted molar refractivity (Wildman–Crippen MR) is 79.7 cm³/mol. The first-order valence-corrected chi connectivity index (χ1v) is 6.95. The summed E-state index contributed by atoms with van der Waals surface area (Å²) in [7, 11) is 0. The van der Waals surface area contributed by atoms with Crippen LogP contribution in [0.1, 0.15) is 23.1 Å². The Bertz CT molecular complexity index is 538.